The van der Waals surface area contributed by atoms with Crippen LogP contribution in [0, 0.1) is 0 Å². The molecule has 0 fully saturated rings. The van der Waals surface area contributed by atoms with Crippen molar-refractivity contribution in [3.63, 3.8) is 0 Å². The number of para-hydroxylation sites is 2. The van der Waals surface area contributed by atoms with Crippen molar-refractivity contribution in [3.8, 4) is 0 Å². The maximum absolute atomic E-state index is 11.4. The van der Waals surface area contributed by atoms with Crippen molar-refractivity contribution in [2.45, 2.75) is 52.7 Å². The van der Waals surface area contributed by atoms with Crippen LogP contribution in [0.2, 0.25) is 0 Å². The Kier molecular flexibility index (Phi) is 8.52. The molecule has 2 aromatic rings. The number of carbonyl (C=O) groups excluding carboxylic acids is 2. The number of hydrogen-bond donors (Lipinski definition) is 4. The third kappa shape index (κ3) is 10.8. The van der Waals surface area contributed by atoms with Crippen LogP contribution in [0.25, 0.3) is 0 Å². The Morgan fingerprint density at radius 2 is 1.20 bits per heavy atom. The van der Waals surface area contributed by atoms with Crippen molar-refractivity contribution in [1.29, 1.82) is 0 Å². The number of nitrogens with one attached hydrogen (secondary N) is 2. The van der Waals surface area contributed by atoms with Crippen LogP contribution in [0.5, 0.6) is 0 Å². The van der Waals surface area contributed by atoms with Gasteiger partial charge in [0.25, 0.3) is 0 Å². The highest BCUT2D eigenvalue weighted by Crippen LogP contribution is 2.18. The lowest BCUT2D eigenvalue weighted by molar-refractivity contribution is 0.0624. The third-order valence-corrected chi connectivity index (χ3v) is 3.15. The van der Waals surface area contributed by atoms with Crippen LogP contribution in [0.4, 0.5) is 32.3 Å². The largest absolute Gasteiger partial charge is 0.444 e. The lowest BCUT2D eigenvalue weighted by Gasteiger charge is -2.20. The molecule has 0 radical (unpaired) electrons. The van der Waals surface area contributed by atoms with Gasteiger partial charge in [-0.15, -0.1) is 0 Å². The second kappa shape index (κ2) is 10.4. The van der Waals surface area contributed by atoms with Crippen LogP contribution in [-0.4, -0.2) is 23.4 Å². The quantitative estimate of drug-likeness (QED) is 0.496. The van der Waals surface area contributed by atoms with Crippen molar-refractivity contribution in [2.75, 3.05) is 22.1 Å². The molecule has 0 heterocycles. The number of anilines is 4. The molecule has 0 unspecified atom stereocenters. The molecule has 0 aromatic heterocycles. The van der Waals surface area contributed by atoms with E-state index < -0.39 is 23.4 Å². The fraction of sp³-hybridized carbons (Fsp3) is 0.364. The van der Waals surface area contributed by atoms with E-state index in [0.29, 0.717) is 22.7 Å². The number of amides is 2. The van der Waals surface area contributed by atoms with E-state index >= 15 is 0 Å². The molecule has 0 bridgehead atoms. The lowest BCUT2D eigenvalue weighted by atomic mass is 10.2. The summed E-state index contributed by atoms with van der Waals surface area (Å²) >= 11 is 0. The highest BCUT2D eigenvalue weighted by molar-refractivity contribution is 5.89. The molecule has 8 heteroatoms. The molecule has 0 atom stereocenters. The minimum absolute atomic E-state index is 0.465. The number of rotatable bonds is 2. The molecule has 0 saturated carbocycles. The molecule has 0 aliphatic carbocycles. The highest BCUT2D eigenvalue weighted by atomic mass is 16.6. The molecule has 30 heavy (non-hydrogen) atoms. The van der Waals surface area contributed by atoms with Gasteiger partial charge in [0, 0.05) is 11.4 Å². The summed E-state index contributed by atoms with van der Waals surface area (Å²) in [6.07, 6.45) is -0.965. The zero-order chi connectivity index (χ0) is 22.9. The first-order valence-corrected chi connectivity index (χ1v) is 9.45. The van der Waals surface area contributed by atoms with E-state index in [9.17, 15) is 9.59 Å². The minimum Gasteiger partial charge on any atom is -0.444 e. The Morgan fingerprint density at radius 3 is 1.67 bits per heavy atom. The number of nitrogen functional groups attached to an aromatic ring is 2. The Bertz CT molecular complexity index is 837. The van der Waals surface area contributed by atoms with Gasteiger partial charge in [0.15, 0.2) is 0 Å². The number of ether oxygens (including phenoxy) is 2. The van der Waals surface area contributed by atoms with Gasteiger partial charge in [-0.3, -0.25) is 10.6 Å². The summed E-state index contributed by atoms with van der Waals surface area (Å²) in [5.41, 5.74) is 12.6. The molecular weight excluding hydrogens is 384 g/mol. The zero-order valence-electron chi connectivity index (χ0n) is 18.4. The maximum atomic E-state index is 11.4. The van der Waals surface area contributed by atoms with Crippen LogP contribution < -0.4 is 22.1 Å². The van der Waals surface area contributed by atoms with E-state index in [1.807, 2.05) is 20.8 Å². The summed E-state index contributed by atoms with van der Waals surface area (Å²) in [5, 5.41) is 5.19. The van der Waals surface area contributed by atoms with Gasteiger partial charge in [-0.2, -0.15) is 0 Å². The molecule has 6 N–H and O–H groups in total. The standard InChI is InChI=1S/2C11H16N2O2/c1-11(2,3)15-10(14)13-9-6-4-8(12)5-7-9;1-11(2,3)15-10(14)13-9-7-5-4-6-8(9)12/h2*4-7H,12H2,1-3H3,(H,13,14). The van der Waals surface area contributed by atoms with Crippen molar-refractivity contribution in [2.24, 2.45) is 0 Å². The highest BCUT2D eigenvalue weighted by Gasteiger charge is 2.17. The van der Waals surface area contributed by atoms with Crippen LogP contribution in [0.3, 0.4) is 0 Å². The van der Waals surface area contributed by atoms with Gasteiger partial charge in [-0.1, -0.05) is 12.1 Å². The summed E-state index contributed by atoms with van der Waals surface area (Å²) < 4.78 is 10.2. The number of benzene rings is 2. The van der Waals surface area contributed by atoms with Gasteiger partial charge in [0.05, 0.1) is 11.4 Å². The average molecular weight is 417 g/mol. The predicted octanol–water partition coefficient (Wildman–Crippen LogP) is 5.23. The van der Waals surface area contributed by atoms with E-state index in [2.05, 4.69) is 10.6 Å². The van der Waals surface area contributed by atoms with Gasteiger partial charge in [0.2, 0.25) is 0 Å². The topological polar surface area (TPSA) is 129 Å². The SMILES string of the molecule is CC(C)(C)OC(=O)Nc1ccc(N)cc1.CC(C)(C)OC(=O)Nc1ccccc1N. The van der Waals surface area contributed by atoms with Crippen molar-refractivity contribution in [1.82, 2.24) is 0 Å². The van der Waals surface area contributed by atoms with Gasteiger partial charge >= 0.3 is 12.2 Å². The first-order chi connectivity index (χ1) is 13.7. The monoisotopic (exact) mass is 416 g/mol. The van der Waals surface area contributed by atoms with E-state index in [1.54, 1.807) is 69.3 Å². The molecule has 2 rings (SSSR count). The van der Waals surface area contributed by atoms with Gasteiger partial charge < -0.3 is 20.9 Å². The first kappa shape index (κ1) is 24.6. The molecule has 2 amide bonds. The molecule has 164 valence electrons. The zero-order valence-corrected chi connectivity index (χ0v) is 18.4. The Morgan fingerprint density at radius 1 is 0.733 bits per heavy atom. The van der Waals surface area contributed by atoms with Gasteiger partial charge in [-0.05, 0) is 77.9 Å². The van der Waals surface area contributed by atoms with Crippen LogP contribution in [-0.2, 0) is 9.47 Å². The second-order valence-electron chi connectivity index (χ2n) is 8.46. The summed E-state index contributed by atoms with van der Waals surface area (Å²) in [6, 6.07) is 13.9. The third-order valence-electron chi connectivity index (χ3n) is 3.15. The molecule has 0 aliphatic heterocycles. The van der Waals surface area contributed by atoms with Crippen molar-refractivity contribution >= 4 is 34.9 Å². The molecule has 0 aliphatic rings. The van der Waals surface area contributed by atoms with E-state index in [-0.39, 0.29) is 0 Å². The molecule has 2 aromatic carbocycles. The molecule has 8 nitrogen and oxygen atoms in total. The predicted molar refractivity (Wildman–Crippen MR) is 121 cm³/mol. The Balaban J connectivity index is 0.000000300. The average Bonchev–Trinajstić information content (AvgIpc) is 2.56. The maximum Gasteiger partial charge on any atom is 0.412 e. The fourth-order valence-electron chi connectivity index (χ4n) is 2.01. The van der Waals surface area contributed by atoms with E-state index in [4.69, 9.17) is 20.9 Å². The lowest BCUT2D eigenvalue weighted by Crippen LogP contribution is -2.27. The molecule has 0 spiro atoms. The Labute approximate surface area is 177 Å². The Hall–Kier alpha value is -3.42. The molecular formula is C22H32N4O4. The second-order valence-corrected chi connectivity index (χ2v) is 8.46. The number of hydrogen-bond acceptors (Lipinski definition) is 6. The normalized spacial score (nSPS) is 10.9. The van der Waals surface area contributed by atoms with Crippen LogP contribution in [0.15, 0.2) is 48.5 Å². The van der Waals surface area contributed by atoms with E-state index in [0.717, 1.165) is 0 Å². The summed E-state index contributed by atoms with van der Waals surface area (Å²) in [6.45, 7) is 10.9. The fourth-order valence-corrected chi connectivity index (χ4v) is 2.01. The van der Waals surface area contributed by atoms with E-state index in [1.165, 1.54) is 0 Å². The number of carbonyl (C=O) groups is 2. The van der Waals surface area contributed by atoms with Crippen LogP contribution in [0.1, 0.15) is 41.5 Å². The first-order valence-electron chi connectivity index (χ1n) is 9.45. The molecule has 0 saturated heterocycles. The minimum atomic E-state index is -0.506. The summed E-state index contributed by atoms with van der Waals surface area (Å²) in [4.78, 5) is 22.7. The number of nitrogens with two attached hydrogens (primary N) is 2. The summed E-state index contributed by atoms with van der Waals surface area (Å²) in [7, 11) is 0. The van der Waals surface area contributed by atoms with Gasteiger partial charge in [0.1, 0.15) is 11.2 Å². The van der Waals surface area contributed by atoms with Crippen molar-refractivity contribution < 1.29 is 19.1 Å². The summed E-state index contributed by atoms with van der Waals surface area (Å²) in [5.74, 6) is 0. The van der Waals surface area contributed by atoms with Gasteiger partial charge in [-0.25, -0.2) is 9.59 Å². The van der Waals surface area contributed by atoms with Crippen LogP contribution >= 0.6 is 0 Å². The smallest absolute Gasteiger partial charge is 0.412 e. The van der Waals surface area contributed by atoms with Crippen molar-refractivity contribution in [3.05, 3.63) is 48.5 Å².